The zero-order valence-corrected chi connectivity index (χ0v) is 11.2. The molecule has 0 spiro atoms. The van der Waals surface area contributed by atoms with Gasteiger partial charge in [0.05, 0.1) is 6.07 Å². The molecule has 0 saturated carbocycles. The predicted molar refractivity (Wildman–Crippen MR) is 64.8 cm³/mol. The minimum Gasteiger partial charge on any atom is -0.326 e. The summed E-state index contributed by atoms with van der Waals surface area (Å²) in [6, 6.07) is -0.740. The monoisotopic (exact) mass is 265 g/mol. The lowest BCUT2D eigenvalue weighted by atomic mass is 10.0. The maximum absolute atomic E-state index is 13.1. The van der Waals surface area contributed by atoms with E-state index in [1.54, 1.807) is 6.92 Å². The van der Waals surface area contributed by atoms with Gasteiger partial charge in [-0.3, -0.25) is 4.90 Å². The van der Waals surface area contributed by atoms with Gasteiger partial charge in [0, 0.05) is 25.6 Å². The van der Waals surface area contributed by atoms with Gasteiger partial charge in [0.15, 0.2) is 0 Å². The van der Waals surface area contributed by atoms with Gasteiger partial charge < -0.3 is 5.73 Å². The quantitative estimate of drug-likeness (QED) is 0.769. The van der Waals surface area contributed by atoms with E-state index in [-0.39, 0.29) is 25.3 Å². The topological polar surface area (TPSA) is 53.0 Å². The van der Waals surface area contributed by atoms with Crippen LogP contribution in [-0.4, -0.2) is 36.2 Å². The van der Waals surface area contributed by atoms with Gasteiger partial charge in [0.1, 0.15) is 6.04 Å². The van der Waals surface area contributed by atoms with E-state index in [1.165, 1.54) is 4.90 Å². The van der Waals surface area contributed by atoms with Gasteiger partial charge in [-0.25, -0.2) is 0 Å². The first kappa shape index (κ1) is 17.2. The van der Waals surface area contributed by atoms with Gasteiger partial charge in [0.25, 0.3) is 0 Å². The lowest BCUT2D eigenvalue weighted by molar-refractivity contribution is -0.190. The summed E-state index contributed by atoms with van der Waals surface area (Å²) in [7, 11) is 0. The molecule has 0 aromatic carbocycles. The van der Waals surface area contributed by atoms with Crippen molar-refractivity contribution in [2.45, 2.75) is 51.9 Å². The summed E-state index contributed by atoms with van der Waals surface area (Å²) in [4.78, 5) is 1.29. The van der Waals surface area contributed by atoms with Gasteiger partial charge in [-0.05, 0) is 12.3 Å². The van der Waals surface area contributed by atoms with Crippen molar-refractivity contribution in [1.82, 2.24) is 4.90 Å². The summed E-state index contributed by atoms with van der Waals surface area (Å²) < 4.78 is 39.2. The van der Waals surface area contributed by atoms with Crippen molar-refractivity contribution in [2.24, 2.45) is 11.7 Å². The first-order chi connectivity index (χ1) is 8.23. The van der Waals surface area contributed by atoms with Crippen LogP contribution < -0.4 is 5.73 Å². The van der Waals surface area contributed by atoms with Gasteiger partial charge in [-0.1, -0.05) is 20.8 Å². The highest BCUT2D eigenvalue weighted by atomic mass is 19.4. The molecule has 2 atom stereocenters. The number of nitriles is 1. The maximum Gasteiger partial charge on any atom is 0.405 e. The molecule has 0 rings (SSSR count). The van der Waals surface area contributed by atoms with E-state index < -0.39 is 18.3 Å². The molecule has 0 aliphatic rings. The average molecular weight is 265 g/mol. The number of rotatable bonds is 7. The lowest BCUT2D eigenvalue weighted by Crippen LogP contribution is -2.57. The van der Waals surface area contributed by atoms with Crippen LogP contribution in [0.25, 0.3) is 0 Å². The SMILES string of the molecule is CCC(N)C(N(CCC#N)CC(C)C)C(F)(F)F. The van der Waals surface area contributed by atoms with Gasteiger partial charge in [0.2, 0.25) is 0 Å². The predicted octanol–water partition coefficient (Wildman–Crippen LogP) is 2.53. The molecular formula is C12H22F3N3. The molecule has 0 saturated heterocycles. The minimum absolute atomic E-state index is 0.0791. The average Bonchev–Trinajstić information content (AvgIpc) is 2.22. The second-order valence-corrected chi connectivity index (χ2v) is 4.86. The summed E-state index contributed by atoms with van der Waals surface area (Å²) >= 11 is 0. The zero-order chi connectivity index (χ0) is 14.3. The summed E-state index contributed by atoms with van der Waals surface area (Å²) in [5.41, 5.74) is 5.61. The number of alkyl halides is 3. The first-order valence-electron chi connectivity index (χ1n) is 6.17. The van der Waals surface area contributed by atoms with Crippen LogP contribution in [0, 0.1) is 17.2 Å². The number of hydrogen-bond donors (Lipinski definition) is 1. The minimum atomic E-state index is -4.36. The fraction of sp³-hybridized carbons (Fsp3) is 0.917. The molecule has 2 unspecified atom stereocenters. The fourth-order valence-corrected chi connectivity index (χ4v) is 1.95. The first-order valence-corrected chi connectivity index (χ1v) is 6.17. The van der Waals surface area contributed by atoms with Gasteiger partial charge >= 0.3 is 6.18 Å². The van der Waals surface area contributed by atoms with Crippen molar-refractivity contribution in [2.75, 3.05) is 13.1 Å². The van der Waals surface area contributed by atoms with Crippen molar-refractivity contribution in [3.8, 4) is 6.07 Å². The van der Waals surface area contributed by atoms with Gasteiger partial charge in [-0.2, -0.15) is 18.4 Å². The van der Waals surface area contributed by atoms with E-state index in [1.807, 2.05) is 19.9 Å². The highest BCUT2D eigenvalue weighted by Gasteiger charge is 2.46. The van der Waals surface area contributed by atoms with Crippen molar-refractivity contribution >= 4 is 0 Å². The lowest BCUT2D eigenvalue weighted by Gasteiger charge is -2.37. The molecule has 0 fully saturated rings. The van der Waals surface area contributed by atoms with Crippen molar-refractivity contribution < 1.29 is 13.2 Å². The van der Waals surface area contributed by atoms with E-state index in [4.69, 9.17) is 11.0 Å². The number of hydrogen-bond acceptors (Lipinski definition) is 3. The summed E-state index contributed by atoms with van der Waals surface area (Å²) in [6.07, 6.45) is -4.03. The Morgan fingerprint density at radius 3 is 2.22 bits per heavy atom. The molecular weight excluding hydrogens is 243 g/mol. The van der Waals surface area contributed by atoms with Crippen LogP contribution in [0.3, 0.4) is 0 Å². The molecule has 0 heterocycles. The molecule has 0 amide bonds. The van der Waals surface area contributed by atoms with Crippen LogP contribution in [0.5, 0.6) is 0 Å². The van der Waals surface area contributed by atoms with E-state index in [2.05, 4.69) is 0 Å². The van der Waals surface area contributed by atoms with Crippen molar-refractivity contribution in [1.29, 1.82) is 5.26 Å². The third-order valence-electron chi connectivity index (χ3n) is 2.72. The fourth-order valence-electron chi connectivity index (χ4n) is 1.95. The molecule has 0 aliphatic carbocycles. The molecule has 0 aromatic heterocycles. The maximum atomic E-state index is 13.1. The normalized spacial score (nSPS) is 15.8. The summed E-state index contributed by atoms with van der Waals surface area (Å²) in [5.74, 6) is 0.0950. The summed E-state index contributed by atoms with van der Waals surface area (Å²) in [5, 5.41) is 8.54. The van der Waals surface area contributed by atoms with Crippen LogP contribution in [-0.2, 0) is 0 Å². The Bertz CT molecular complexity index is 271. The van der Waals surface area contributed by atoms with E-state index in [9.17, 15) is 13.2 Å². The molecule has 0 radical (unpaired) electrons. The Hall–Kier alpha value is -0.800. The third-order valence-corrected chi connectivity index (χ3v) is 2.72. The van der Waals surface area contributed by atoms with Crippen molar-refractivity contribution in [3.63, 3.8) is 0 Å². The standard InChI is InChI=1S/C12H22F3N3/c1-4-10(17)11(12(13,14)15)18(7-5-6-16)8-9(2)3/h9-11H,4-5,7-8,17H2,1-3H3. The Kier molecular flexibility index (Phi) is 7.26. The smallest absolute Gasteiger partial charge is 0.326 e. The number of nitrogens with zero attached hydrogens (tertiary/aromatic N) is 2. The van der Waals surface area contributed by atoms with Crippen LogP contribution in [0.2, 0.25) is 0 Å². The van der Waals surface area contributed by atoms with E-state index in [0.717, 1.165) is 0 Å². The Balaban J connectivity index is 5.01. The van der Waals surface area contributed by atoms with E-state index >= 15 is 0 Å². The molecule has 0 aliphatic heterocycles. The largest absolute Gasteiger partial charge is 0.405 e. The molecule has 18 heavy (non-hydrogen) atoms. The second kappa shape index (κ2) is 7.59. The molecule has 106 valence electrons. The Morgan fingerprint density at radius 2 is 1.89 bits per heavy atom. The van der Waals surface area contributed by atoms with E-state index in [0.29, 0.717) is 6.54 Å². The zero-order valence-electron chi connectivity index (χ0n) is 11.2. The van der Waals surface area contributed by atoms with Crippen LogP contribution in [0.4, 0.5) is 13.2 Å². The molecule has 0 aromatic rings. The Morgan fingerprint density at radius 1 is 1.33 bits per heavy atom. The van der Waals surface area contributed by atoms with Crippen molar-refractivity contribution in [3.05, 3.63) is 0 Å². The third kappa shape index (κ3) is 5.69. The van der Waals surface area contributed by atoms with Crippen LogP contribution in [0.1, 0.15) is 33.6 Å². The van der Waals surface area contributed by atoms with Gasteiger partial charge in [-0.15, -0.1) is 0 Å². The molecule has 0 bridgehead atoms. The molecule has 3 nitrogen and oxygen atoms in total. The number of halogens is 3. The highest BCUT2D eigenvalue weighted by Crippen LogP contribution is 2.28. The van der Waals surface area contributed by atoms with Crippen LogP contribution >= 0.6 is 0 Å². The summed E-state index contributed by atoms with van der Waals surface area (Å²) in [6.45, 7) is 5.74. The highest BCUT2D eigenvalue weighted by molar-refractivity contribution is 4.89. The Labute approximate surface area is 107 Å². The number of nitrogens with two attached hydrogens (primary N) is 1. The second-order valence-electron chi connectivity index (χ2n) is 4.86. The van der Waals surface area contributed by atoms with Crippen LogP contribution in [0.15, 0.2) is 0 Å². The molecule has 6 heteroatoms. The molecule has 2 N–H and O–H groups in total.